The van der Waals surface area contributed by atoms with Crippen LogP contribution >= 0.6 is 0 Å². The van der Waals surface area contributed by atoms with Crippen LogP contribution in [0.2, 0.25) is 0 Å². The van der Waals surface area contributed by atoms with Crippen molar-refractivity contribution in [3.05, 3.63) is 18.0 Å². The Labute approximate surface area is 152 Å². The number of hydrogen-bond donors (Lipinski definition) is 0. The molecule has 0 atom stereocenters. The number of aryl methyl sites for hydroxylation is 1. The standard InChI is InChI=1S/C21H33N3O/c1-4-16-13-22-24(14-16)18-5-7-23(8-6-18)19-11-21(12-19)9-17(10-21)20(25)15(2)3/h13-15,17-19H,4-12H2,1-3H3. The lowest BCUT2D eigenvalue weighted by Gasteiger charge is -2.60. The predicted octanol–water partition coefficient (Wildman–Crippen LogP) is 3.87. The van der Waals surface area contributed by atoms with Crippen LogP contribution in [0.4, 0.5) is 0 Å². The third kappa shape index (κ3) is 3.18. The molecular weight excluding hydrogens is 310 g/mol. The predicted molar refractivity (Wildman–Crippen MR) is 99.5 cm³/mol. The second kappa shape index (κ2) is 6.53. The molecule has 1 aromatic rings. The van der Waals surface area contributed by atoms with E-state index in [0.717, 1.165) is 12.5 Å². The molecule has 4 heteroatoms. The molecule has 0 amide bonds. The van der Waals surface area contributed by atoms with Crippen molar-refractivity contribution in [3.8, 4) is 0 Å². The molecule has 0 N–H and O–H groups in total. The van der Waals surface area contributed by atoms with Crippen LogP contribution in [0.25, 0.3) is 0 Å². The van der Waals surface area contributed by atoms with Crippen molar-refractivity contribution in [1.82, 2.24) is 14.7 Å². The fourth-order valence-electron chi connectivity index (χ4n) is 5.46. The summed E-state index contributed by atoms with van der Waals surface area (Å²) in [6, 6.07) is 1.36. The van der Waals surface area contributed by atoms with Crippen LogP contribution in [0.1, 0.15) is 70.9 Å². The molecule has 1 aliphatic heterocycles. The quantitative estimate of drug-likeness (QED) is 0.814. The fourth-order valence-corrected chi connectivity index (χ4v) is 5.46. The van der Waals surface area contributed by atoms with Gasteiger partial charge in [-0.1, -0.05) is 20.8 Å². The summed E-state index contributed by atoms with van der Waals surface area (Å²) in [6.07, 6.45) is 12.8. The Hall–Kier alpha value is -1.16. The summed E-state index contributed by atoms with van der Waals surface area (Å²) in [5.41, 5.74) is 1.88. The smallest absolute Gasteiger partial charge is 0.138 e. The minimum absolute atomic E-state index is 0.216. The lowest BCUT2D eigenvalue weighted by atomic mass is 9.48. The van der Waals surface area contributed by atoms with Gasteiger partial charge in [-0.15, -0.1) is 0 Å². The number of carbonyl (C=O) groups is 1. The van der Waals surface area contributed by atoms with Gasteiger partial charge >= 0.3 is 0 Å². The van der Waals surface area contributed by atoms with Crippen LogP contribution in [0, 0.1) is 17.3 Å². The summed E-state index contributed by atoms with van der Waals surface area (Å²) in [7, 11) is 0. The van der Waals surface area contributed by atoms with Crippen LogP contribution < -0.4 is 0 Å². The van der Waals surface area contributed by atoms with E-state index in [1.807, 2.05) is 20.0 Å². The van der Waals surface area contributed by atoms with Crippen molar-refractivity contribution >= 4 is 5.78 Å². The molecule has 3 aliphatic rings. The first-order valence-electron chi connectivity index (χ1n) is 10.3. The monoisotopic (exact) mass is 343 g/mol. The van der Waals surface area contributed by atoms with E-state index in [0.29, 0.717) is 23.2 Å². The van der Waals surface area contributed by atoms with E-state index in [1.165, 1.54) is 57.2 Å². The molecule has 0 bridgehead atoms. The maximum absolute atomic E-state index is 12.1. The van der Waals surface area contributed by atoms with Gasteiger partial charge in [0.1, 0.15) is 5.78 Å². The number of aromatic nitrogens is 2. The fraction of sp³-hybridized carbons (Fsp3) is 0.810. The Balaban J connectivity index is 1.22. The van der Waals surface area contributed by atoms with Gasteiger partial charge in [0.2, 0.25) is 0 Å². The van der Waals surface area contributed by atoms with Crippen molar-refractivity contribution in [2.24, 2.45) is 17.3 Å². The molecule has 4 nitrogen and oxygen atoms in total. The van der Waals surface area contributed by atoms with E-state index in [1.54, 1.807) is 0 Å². The van der Waals surface area contributed by atoms with Crippen LogP contribution in [-0.4, -0.2) is 39.6 Å². The minimum atomic E-state index is 0.216. The van der Waals surface area contributed by atoms with E-state index >= 15 is 0 Å². The Kier molecular flexibility index (Phi) is 4.51. The van der Waals surface area contributed by atoms with Crippen molar-refractivity contribution < 1.29 is 4.79 Å². The van der Waals surface area contributed by atoms with E-state index in [9.17, 15) is 4.79 Å². The van der Waals surface area contributed by atoms with E-state index in [2.05, 4.69) is 27.8 Å². The topological polar surface area (TPSA) is 38.1 Å². The van der Waals surface area contributed by atoms with Crippen LogP contribution in [0.5, 0.6) is 0 Å². The summed E-state index contributed by atoms with van der Waals surface area (Å²) in [5, 5.41) is 4.57. The van der Waals surface area contributed by atoms with Gasteiger partial charge in [-0.25, -0.2) is 0 Å². The first-order chi connectivity index (χ1) is 12.0. The molecule has 25 heavy (non-hydrogen) atoms. The van der Waals surface area contributed by atoms with Crippen molar-refractivity contribution in [1.29, 1.82) is 0 Å². The second-order valence-corrected chi connectivity index (χ2v) is 9.17. The highest BCUT2D eigenvalue weighted by Crippen LogP contribution is 2.60. The number of piperidine rings is 1. The van der Waals surface area contributed by atoms with Gasteiger partial charge in [0.05, 0.1) is 12.2 Å². The zero-order chi connectivity index (χ0) is 17.6. The first kappa shape index (κ1) is 17.3. The molecule has 1 saturated heterocycles. The Morgan fingerprint density at radius 1 is 1.20 bits per heavy atom. The highest BCUT2D eigenvalue weighted by Gasteiger charge is 2.55. The number of ketones is 1. The second-order valence-electron chi connectivity index (χ2n) is 9.17. The average molecular weight is 344 g/mol. The summed E-state index contributed by atoms with van der Waals surface area (Å²) in [6.45, 7) is 8.70. The normalized spacial score (nSPS) is 33.4. The van der Waals surface area contributed by atoms with Crippen molar-refractivity contribution in [2.75, 3.05) is 13.1 Å². The molecule has 138 valence electrons. The number of nitrogens with zero attached hydrogens (tertiary/aromatic N) is 3. The lowest BCUT2D eigenvalue weighted by Crippen LogP contribution is -2.58. The molecule has 4 rings (SSSR count). The number of likely N-dealkylation sites (tertiary alicyclic amines) is 1. The van der Waals surface area contributed by atoms with Gasteiger partial charge in [-0.3, -0.25) is 9.48 Å². The minimum Gasteiger partial charge on any atom is -0.300 e. The summed E-state index contributed by atoms with van der Waals surface area (Å²) < 4.78 is 2.20. The number of rotatable bonds is 5. The van der Waals surface area contributed by atoms with E-state index in [4.69, 9.17) is 0 Å². The molecule has 3 fully saturated rings. The third-order valence-corrected chi connectivity index (χ3v) is 7.12. The van der Waals surface area contributed by atoms with Gasteiger partial charge in [0.25, 0.3) is 0 Å². The molecule has 2 saturated carbocycles. The number of carbonyl (C=O) groups excluding carboxylic acids is 1. The molecule has 1 aromatic heterocycles. The van der Waals surface area contributed by atoms with Crippen LogP contribution in [-0.2, 0) is 11.2 Å². The Morgan fingerprint density at radius 3 is 2.44 bits per heavy atom. The molecule has 0 radical (unpaired) electrons. The maximum atomic E-state index is 12.1. The highest BCUT2D eigenvalue weighted by atomic mass is 16.1. The van der Waals surface area contributed by atoms with E-state index < -0.39 is 0 Å². The maximum Gasteiger partial charge on any atom is 0.138 e. The lowest BCUT2D eigenvalue weighted by molar-refractivity contribution is -0.144. The molecule has 0 unspecified atom stereocenters. The summed E-state index contributed by atoms with van der Waals surface area (Å²) >= 11 is 0. The van der Waals surface area contributed by atoms with Crippen molar-refractivity contribution in [2.45, 2.75) is 77.8 Å². The van der Waals surface area contributed by atoms with Gasteiger partial charge in [-0.2, -0.15) is 5.10 Å². The van der Waals surface area contributed by atoms with Crippen molar-refractivity contribution in [3.63, 3.8) is 0 Å². The van der Waals surface area contributed by atoms with Gasteiger partial charge in [0.15, 0.2) is 0 Å². The summed E-state index contributed by atoms with van der Waals surface area (Å²) in [5.74, 6) is 1.09. The van der Waals surface area contributed by atoms with Crippen LogP contribution in [0.15, 0.2) is 12.4 Å². The Morgan fingerprint density at radius 2 is 1.88 bits per heavy atom. The molecular formula is C21H33N3O. The average Bonchev–Trinajstić information content (AvgIpc) is 3.01. The molecule has 1 spiro atoms. The zero-order valence-corrected chi connectivity index (χ0v) is 16.1. The van der Waals surface area contributed by atoms with Crippen LogP contribution in [0.3, 0.4) is 0 Å². The van der Waals surface area contributed by atoms with E-state index in [-0.39, 0.29) is 5.92 Å². The molecule has 2 heterocycles. The molecule has 2 aliphatic carbocycles. The first-order valence-corrected chi connectivity index (χ1v) is 10.3. The zero-order valence-electron chi connectivity index (χ0n) is 16.1. The van der Waals surface area contributed by atoms with Gasteiger partial charge in [-0.05, 0) is 55.9 Å². The number of hydrogen-bond acceptors (Lipinski definition) is 3. The third-order valence-electron chi connectivity index (χ3n) is 7.12. The van der Waals surface area contributed by atoms with Gasteiger partial charge in [0, 0.05) is 37.2 Å². The Bertz CT molecular complexity index is 613. The number of Topliss-reactive ketones (excluding diaryl/α,β-unsaturated/α-hetero) is 1. The largest absolute Gasteiger partial charge is 0.300 e. The highest BCUT2D eigenvalue weighted by molar-refractivity contribution is 5.83. The SMILES string of the molecule is CCc1cnn(C2CCN(C3CC4(CC(C(=O)C(C)C)C4)C3)CC2)c1. The van der Waals surface area contributed by atoms with Gasteiger partial charge < -0.3 is 4.90 Å². The summed E-state index contributed by atoms with van der Waals surface area (Å²) in [4.78, 5) is 14.8. The molecule has 0 aromatic carbocycles.